The Bertz CT molecular complexity index is 1170. The topological polar surface area (TPSA) is 117 Å². The number of halogens is 1. The third kappa shape index (κ3) is 4.89. The van der Waals surface area contributed by atoms with E-state index in [-0.39, 0.29) is 12.5 Å². The number of pyridine rings is 1. The highest BCUT2D eigenvalue weighted by Gasteiger charge is 2.15. The molecule has 164 valence electrons. The van der Waals surface area contributed by atoms with Gasteiger partial charge in [0.1, 0.15) is 18.6 Å². The molecule has 0 radical (unpaired) electrons. The molecule has 1 aliphatic heterocycles. The number of ether oxygens (including phenoxy) is 4. The van der Waals surface area contributed by atoms with E-state index in [2.05, 4.69) is 31.4 Å². The Kier molecular flexibility index (Phi) is 6.36. The second-order valence-corrected chi connectivity index (χ2v) is 7.39. The second-order valence-electron chi connectivity index (χ2n) is 6.54. The van der Waals surface area contributed by atoms with Crippen molar-refractivity contribution in [1.29, 1.82) is 0 Å². The quantitative estimate of drug-likeness (QED) is 0.272. The molecule has 0 spiro atoms. The molecule has 1 aliphatic rings. The number of nitrogens with one attached hydrogen (secondary N) is 1. The molecule has 1 aromatic heterocycles. The lowest BCUT2D eigenvalue weighted by Gasteiger charge is -2.14. The SMILES string of the molecule is COc1cc(/C=N/Nc2ccc([N+](=O)[O-])cn2)cc(Br)c1OCc1ccc2c(c1)OCO2. The molecule has 10 nitrogen and oxygen atoms in total. The zero-order valence-electron chi connectivity index (χ0n) is 16.8. The van der Waals surface area contributed by atoms with Gasteiger partial charge in [0.15, 0.2) is 23.0 Å². The largest absolute Gasteiger partial charge is 0.493 e. The van der Waals surface area contributed by atoms with Crippen molar-refractivity contribution < 1.29 is 23.9 Å². The van der Waals surface area contributed by atoms with Crippen LogP contribution in [0.3, 0.4) is 0 Å². The summed E-state index contributed by atoms with van der Waals surface area (Å²) >= 11 is 3.51. The van der Waals surface area contributed by atoms with E-state index in [0.29, 0.717) is 39.9 Å². The maximum atomic E-state index is 10.7. The standard InChI is InChI=1S/C21H17BrN4O6/c1-29-19-8-14(9-24-25-20-5-3-15(10-23-20)26(27)28)6-16(22)21(19)30-11-13-2-4-17-18(7-13)32-12-31-17/h2-10H,11-12H2,1H3,(H,23,25)/b24-9+. The number of benzene rings is 2. The normalized spacial score (nSPS) is 12.1. The van der Waals surface area contributed by atoms with Gasteiger partial charge < -0.3 is 18.9 Å². The molecule has 1 N–H and O–H groups in total. The van der Waals surface area contributed by atoms with Crippen molar-refractivity contribution in [3.63, 3.8) is 0 Å². The van der Waals surface area contributed by atoms with Crippen molar-refractivity contribution in [2.75, 3.05) is 19.3 Å². The van der Waals surface area contributed by atoms with Crippen molar-refractivity contribution in [3.8, 4) is 23.0 Å². The van der Waals surface area contributed by atoms with Gasteiger partial charge in [-0.2, -0.15) is 5.10 Å². The third-order valence-corrected chi connectivity index (χ3v) is 5.01. The molecular formula is C21H17BrN4O6. The van der Waals surface area contributed by atoms with Crippen molar-refractivity contribution >= 4 is 33.6 Å². The molecule has 0 saturated heterocycles. The van der Waals surface area contributed by atoms with Crippen molar-refractivity contribution in [3.05, 3.63) is 74.4 Å². The fourth-order valence-corrected chi connectivity index (χ4v) is 3.45. The molecular weight excluding hydrogens is 484 g/mol. The highest BCUT2D eigenvalue weighted by atomic mass is 79.9. The molecule has 3 aromatic rings. The first-order valence-corrected chi connectivity index (χ1v) is 10.1. The second kappa shape index (κ2) is 9.52. The predicted octanol–water partition coefficient (Wildman–Crippen LogP) is 4.51. The number of hydrazone groups is 1. The van der Waals surface area contributed by atoms with E-state index in [1.165, 1.54) is 12.1 Å². The van der Waals surface area contributed by atoms with Gasteiger partial charge in [-0.05, 0) is 57.4 Å². The van der Waals surface area contributed by atoms with Crippen LogP contribution in [-0.4, -0.2) is 30.0 Å². The Hall–Kier alpha value is -3.86. The molecule has 0 unspecified atom stereocenters. The van der Waals surface area contributed by atoms with Gasteiger partial charge in [0.05, 0.1) is 22.7 Å². The first-order chi connectivity index (χ1) is 15.5. The van der Waals surface area contributed by atoms with E-state index in [4.69, 9.17) is 18.9 Å². The van der Waals surface area contributed by atoms with Gasteiger partial charge in [0.2, 0.25) is 6.79 Å². The number of rotatable bonds is 8. The Morgan fingerprint density at radius 2 is 2.09 bits per heavy atom. The molecule has 2 heterocycles. The van der Waals surface area contributed by atoms with Crippen LogP contribution < -0.4 is 24.4 Å². The summed E-state index contributed by atoms with van der Waals surface area (Å²) in [6.07, 6.45) is 2.72. The summed E-state index contributed by atoms with van der Waals surface area (Å²) < 4.78 is 22.8. The molecule has 2 aromatic carbocycles. The van der Waals surface area contributed by atoms with Crippen LogP contribution in [0, 0.1) is 10.1 Å². The lowest BCUT2D eigenvalue weighted by molar-refractivity contribution is -0.385. The van der Waals surface area contributed by atoms with Crippen molar-refractivity contribution in [1.82, 2.24) is 4.98 Å². The maximum absolute atomic E-state index is 10.7. The van der Waals surface area contributed by atoms with E-state index in [0.717, 1.165) is 17.3 Å². The number of anilines is 1. The Balaban J connectivity index is 1.43. The summed E-state index contributed by atoms with van der Waals surface area (Å²) in [5.41, 5.74) is 4.29. The van der Waals surface area contributed by atoms with Crippen LogP contribution >= 0.6 is 15.9 Å². The average molecular weight is 501 g/mol. The third-order valence-electron chi connectivity index (χ3n) is 4.42. The number of nitrogens with zero attached hydrogens (tertiary/aromatic N) is 3. The van der Waals surface area contributed by atoms with Gasteiger partial charge in [0, 0.05) is 6.07 Å². The summed E-state index contributed by atoms with van der Waals surface area (Å²) in [5, 5.41) is 14.8. The lowest BCUT2D eigenvalue weighted by Crippen LogP contribution is -2.00. The van der Waals surface area contributed by atoms with Crippen LogP contribution in [0.25, 0.3) is 0 Å². The van der Waals surface area contributed by atoms with Gasteiger partial charge in [-0.25, -0.2) is 4.98 Å². The number of fused-ring (bicyclic) bond motifs is 1. The van der Waals surface area contributed by atoms with E-state index < -0.39 is 4.92 Å². The van der Waals surface area contributed by atoms with Gasteiger partial charge in [0.25, 0.3) is 5.69 Å². The fraction of sp³-hybridized carbons (Fsp3) is 0.143. The van der Waals surface area contributed by atoms with Crippen LogP contribution in [0.1, 0.15) is 11.1 Å². The number of hydrogen-bond donors (Lipinski definition) is 1. The van der Waals surface area contributed by atoms with Crippen LogP contribution in [-0.2, 0) is 6.61 Å². The number of aromatic nitrogens is 1. The zero-order chi connectivity index (χ0) is 22.5. The van der Waals surface area contributed by atoms with Gasteiger partial charge in [-0.3, -0.25) is 15.5 Å². The number of methoxy groups -OCH3 is 1. The zero-order valence-corrected chi connectivity index (χ0v) is 18.4. The van der Waals surface area contributed by atoms with Crippen LogP contribution in [0.5, 0.6) is 23.0 Å². The van der Waals surface area contributed by atoms with Gasteiger partial charge in [-0.15, -0.1) is 0 Å². The van der Waals surface area contributed by atoms with Crippen LogP contribution in [0.15, 0.2) is 58.2 Å². The molecule has 11 heteroatoms. The number of nitro groups is 1. The molecule has 0 saturated carbocycles. The summed E-state index contributed by atoms with van der Waals surface area (Å²) in [4.78, 5) is 14.1. The average Bonchev–Trinajstić information content (AvgIpc) is 3.26. The van der Waals surface area contributed by atoms with Gasteiger partial charge in [-0.1, -0.05) is 6.07 Å². The minimum absolute atomic E-state index is 0.0930. The predicted molar refractivity (Wildman–Crippen MR) is 120 cm³/mol. The van der Waals surface area contributed by atoms with Crippen LogP contribution in [0.2, 0.25) is 0 Å². The lowest BCUT2D eigenvalue weighted by atomic mass is 10.2. The van der Waals surface area contributed by atoms with Crippen molar-refractivity contribution in [2.45, 2.75) is 6.61 Å². The molecule has 32 heavy (non-hydrogen) atoms. The Morgan fingerprint density at radius 1 is 1.25 bits per heavy atom. The molecule has 4 rings (SSSR count). The highest BCUT2D eigenvalue weighted by Crippen LogP contribution is 2.38. The highest BCUT2D eigenvalue weighted by molar-refractivity contribution is 9.10. The first kappa shape index (κ1) is 21.4. The monoisotopic (exact) mass is 500 g/mol. The molecule has 0 fully saturated rings. The molecule has 0 amide bonds. The molecule has 0 atom stereocenters. The smallest absolute Gasteiger partial charge is 0.287 e. The Labute approximate surface area is 191 Å². The van der Waals surface area contributed by atoms with E-state index in [9.17, 15) is 10.1 Å². The molecule has 0 bridgehead atoms. The number of hydrogen-bond acceptors (Lipinski definition) is 9. The maximum Gasteiger partial charge on any atom is 0.287 e. The van der Waals surface area contributed by atoms with E-state index in [1.807, 2.05) is 24.3 Å². The van der Waals surface area contributed by atoms with Crippen LogP contribution in [0.4, 0.5) is 11.5 Å². The van der Waals surface area contributed by atoms with E-state index >= 15 is 0 Å². The molecule has 0 aliphatic carbocycles. The fourth-order valence-electron chi connectivity index (χ4n) is 2.87. The van der Waals surface area contributed by atoms with Crippen molar-refractivity contribution in [2.24, 2.45) is 5.10 Å². The van der Waals surface area contributed by atoms with Gasteiger partial charge >= 0.3 is 0 Å². The first-order valence-electron chi connectivity index (χ1n) is 9.32. The minimum Gasteiger partial charge on any atom is -0.493 e. The summed E-state index contributed by atoms with van der Waals surface area (Å²) in [6, 6.07) is 12.0. The summed E-state index contributed by atoms with van der Waals surface area (Å²) in [7, 11) is 1.55. The Morgan fingerprint density at radius 3 is 2.84 bits per heavy atom. The summed E-state index contributed by atoms with van der Waals surface area (Å²) in [6.45, 7) is 0.531. The summed E-state index contributed by atoms with van der Waals surface area (Å²) in [5.74, 6) is 2.86. The minimum atomic E-state index is -0.514. The van der Waals surface area contributed by atoms with E-state index in [1.54, 1.807) is 19.4 Å².